The van der Waals surface area contributed by atoms with E-state index >= 15 is 0 Å². The van der Waals surface area contributed by atoms with Crippen LogP contribution in [0, 0.1) is 19.8 Å². The largest absolute Gasteiger partial charge is 0.355 e. The highest BCUT2D eigenvalue weighted by molar-refractivity contribution is 5.80. The van der Waals surface area contributed by atoms with Crippen LogP contribution < -0.4 is 10.2 Å². The third-order valence-corrected chi connectivity index (χ3v) is 7.14. The molecule has 6 heteroatoms. The highest BCUT2D eigenvalue weighted by atomic mass is 16.1. The van der Waals surface area contributed by atoms with Gasteiger partial charge in [-0.05, 0) is 51.2 Å². The van der Waals surface area contributed by atoms with Crippen LogP contribution in [0.2, 0.25) is 0 Å². The van der Waals surface area contributed by atoms with Crippen LogP contribution in [0.5, 0.6) is 0 Å². The van der Waals surface area contributed by atoms with Crippen molar-refractivity contribution in [2.75, 3.05) is 18.0 Å². The number of nitrogens with zero attached hydrogens (tertiary/aromatic N) is 4. The number of aryl methyl sites for hydroxylation is 2. The van der Waals surface area contributed by atoms with Crippen LogP contribution in [-0.4, -0.2) is 39.6 Å². The molecule has 5 rings (SSSR count). The van der Waals surface area contributed by atoms with Crippen molar-refractivity contribution < 1.29 is 4.79 Å². The van der Waals surface area contributed by atoms with E-state index in [1.807, 2.05) is 16.9 Å². The monoisotopic (exact) mass is 431 g/mol. The minimum Gasteiger partial charge on any atom is -0.355 e. The number of nitrogens with one attached hydrogen (secondary N) is 1. The molecule has 1 N–H and O–H groups in total. The van der Waals surface area contributed by atoms with E-state index < -0.39 is 0 Å². The van der Waals surface area contributed by atoms with E-state index in [0.717, 1.165) is 61.4 Å². The van der Waals surface area contributed by atoms with Crippen molar-refractivity contribution in [1.82, 2.24) is 19.9 Å². The minimum atomic E-state index is 0.114. The Morgan fingerprint density at radius 2 is 1.81 bits per heavy atom. The summed E-state index contributed by atoms with van der Waals surface area (Å²) in [5, 5.41) is 8.14. The molecule has 2 aliphatic rings. The Morgan fingerprint density at radius 1 is 1.03 bits per heavy atom. The molecule has 3 heterocycles. The van der Waals surface area contributed by atoms with Gasteiger partial charge >= 0.3 is 0 Å². The van der Waals surface area contributed by atoms with E-state index in [2.05, 4.69) is 48.3 Å². The summed E-state index contributed by atoms with van der Waals surface area (Å²) in [6.45, 7) is 5.94. The van der Waals surface area contributed by atoms with Crippen LogP contribution >= 0.6 is 0 Å². The number of carbonyl (C=O) groups is 1. The van der Waals surface area contributed by atoms with Crippen molar-refractivity contribution in [1.29, 1.82) is 0 Å². The zero-order chi connectivity index (χ0) is 22.1. The van der Waals surface area contributed by atoms with Gasteiger partial charge < -0.3 is 10.2 Å². The van der Waals surface area contributed by atoms with E-state index in [1.54, 1.807) is 0 Å². The molecule has 0 unspecified atom stereocenters. The summed E-state index contributed by atoms with van der Waals surface area (Å²) in [7, 11) is 0. The predicted molar refractivity (Wildman–Crippen MR) is 128 cm³/mol. The first kappa shape index (κ1) is 21.0. The smallest absolute Gasteiger partial charge is 0.223 e. The van der Waals surface area contributed by atoms with Crippen molar-refractivity contribution in [2.24, 2.45) is 5.92 Å². The van der Waals surface area contributed by atoms with Crippen molar-refractivity contribution in [3.63, 3.8) is 0 Å². The van der Waals surface area contributed by atoms with Gasteiger partial charge in [0.25, 0.3) is 0 Å². The maximum atomic E-state index is 12.8. The summed E-state index contributed by atoms with van der Waals surface area (Å²) in [6, 6.07) is 9.01. The lowest BCUT2D eigenvalue weighted by Gasteiger charge is -2.33. The number of carbonyl (C=O) groups excluding carboxylic acids is 1. The average molecular weight is 432 g/mol. The summed E-state index contributed by atoms with van der Waals surface area (Å²) in [5.41, 5.74) is 5.63. The minimum absolute atomic E-state index is 0.114. The van der Waals surface area contributed by atoms with Crippen molar-refractivity contribution in [3.8, 4) is 11.3 Å². The van der Waals surface area contributed by atoms with Crippen LogP contribution in [0.4, 0.5) is 5.82 Å². The zero-order valence-electron chi connectivity index (χ0n) is 19.2. The van der Waals surface area contributed by atoms with Gasteiger partial charge in [0.2, 0.25) is 5.91 Å². The molecule has 0 spiro atoms. The third-order valence-electron chi connectivity index (χ3n) is 7.14. The molecule has 2 fully saturated rings. The molecule has 1 saturated heterocycles. The maximum Gasteiger partial charge on any atom is 0.223 e. The second-order valence-electron chi connectivity index (χ2n) is 9.53. The fraction of sp³-hybridized carbons (Fsp3) is 0.500. The number of benzene rings is 1. The van der Waals surface area contributed by atoms with E-state index in [9.17, 15) is 4.79 Å². The number of hydrogen-bond acceptors (Lipinski definition) is 4. The van der Waals surface area contributed by atoms with Gasteiger partial charge in [0, 0.05) is 43.0 Å². The van der Waals surface area contributed by atoms with Crippen molar-refractivity contribution in [3.05, 3.63) is 47.8 Å². The van der Waals surface area contributed by atoms with Gasteiger partial charge in [-0.2, -0.15) is 5.10 Å². The number of anilines is 1. The Morgan fingerprint density at radius 3 is 2.56 bits per heavy atom. The van der Waals surface area contributed by atoms with E-state index in [1.165, 1.54) is 30.4 Å². The summed E-state index contributed by atoms with van der Waals surface area (Å²) in [5.74, 6) is 1.33. The van der Waals surface area contributed by atoms with Crippen LogP contribution in [-0.2, 0) is 4.79 Å². The molecular formula is C26H33N5O. The van der Waals surface area contributed by atoms with Gasteiger partial charge in [0.05, 0.1) is 5.69 Å². The molecule has 0 radical (unpaired) electrons. The Balaban J connectivity index is 1.30. The van der Waals surface area contributed by atoms with Gasteiger partial charge in [-0.3, -0.25) is 4.79 Å². The summed E-state index contributed by atoms with van der Waals surface area (Å²) in [4.78, 5) is 19.8. The molecule has 32 heavy (non-hydrogen) atoms. The molecule has 1 saturated carbocycles. The molecule has 1 aliphatic carbocycles. The lowest BCUT2D eigenvalue weighted by Crippen LogP contribution is -2.44. The first-order valence-electron chi connectivity index (χ1n) is 12.1. The summed E-state index contributed by atoms with van der Waals surface area (Å²) in [6.07, 6.45) is 11.6. The lowest BCUT2D eigenvalue weighted by molar-refractivity contribution is -0.126. The first-order chi connectivity index (χ1) is 15.6. The second kappa shape index (κ2) is 8.93. The first-order valence-corrected chi connectivity index (χ1v) is 12.1. The van der Waals surface area contributed by atoms with Crippen LogP contribution in [0.25, 0.3) is 16.8 Å². The quantitative estimate of drug-likeness (QED) is 0.652. The van der Waals surface area contributed by atoms with Crippen molar-refractivity contribution in [2.45, 2.75) is 64.8 Å². The number of hydrogen-bond donors (Lipinski definition) is 1. The van der Waals surface area contributed by atoms with Gasteiger partial charge in [-0.25, -0.2) is 9.50 Å². The molecule has 6 nitrogen and oxygen atoms in total. The number of fused-ring (bicyclic) bond motifs is 1. The highest BCUT2D eigenvalue weighted by Crippen LogP contribution is 2.30. The number of aromatic nitrogens is 3. The topological polar surface area (TPSA) is 62.5 Å². The lowest BCUT2D eigenvalue weighted by atomic mass is 9.92. The van der Waals surface area contributed by atoms with Crippen LogP contribution in [0.15, 0.2) is 36.7 Å². The second-order valence-corrected chi connectivity index (χ2v) is 9.53. The fourth-order valence-electron chi connectivity index (χ4n) is 5.30. The normalized spacial score (nSPS) is 18.2. The molecule has 168 valence electrons. The molecule has 1 aliphatic heterocycles. The molecular weight excluding hydrogens is 398 g/mol. The number of rotatable bonds is 4. The Kier molecular flexibility index (Phi) is 5.85. The third kappa shape index (κ3) is 4.23. The molecule has 1 amide bonds. The van der Waals surface area contributed by atoms with Gasteiger partial charge in [0.15, 0.2) is 5.82 Å². The van der Waals surface area contributed by atoms with E-state index in [-0.39, 0.29) is 11.8 Å². The molecule has 0 bridgehead atoms. The summed E-state index contributed by atoms with van der Waals surface area (Å²) < 4.78 is 1.93. The zero-order valence-corrected chi connectivity index (χ0v) is 19.2. The standard InChI is InChI=1S/C26H33N5O/c1-18-8-9-22(19(2)16-18)23-17-24-25(27-12-15-31(24)29-23)30-13-10-20(11-14-30)26(32)28-21-6-4-3-5-7-21/h8-9,12,15-17,20-21H,3-7,10-11,13-14H2,1-2H3,(H,28,32). The van der Waals surface area contributed by atoms with E-state index in [0.29, 0.717) is 6.04 Å². The number of piperidine rings is 1. The van der Waals surface area contributed by atoms with Gasteiger partial charge in [0.1, 0.15) is 5.52 Å². The fourth-order valence-corrected chi connectivity index (χ4v) is 5.30. The Bertz CT molecular complexity index is 1110. The van der Waals surface area contributed by atoms with Crippen LogP contribution in [0.1, 0.15) is 56.1 Å². The van der Waals surface area contributed by atoms with E-state index in [4.69, 9.17) is 10.1 Å². The van der Waals surface area contributed by atoms with Gasteiger partial charge in [-0.1, -0.05) is 43.0 Å². The predicted octanol–water partition coefficient (Wildman–Crippen LogP) is 4.68. The Labute approximate surface area is 190 Å². The van der Waals surface area contributed by atoms with Crippen molar-refractivity contribution >= 4 is 17.2 Å². The highest BCUT2D eigenvalue weighted by Gasteiger charge is 2.28. The molecule has 0 atom stereocenters. The SMILES string of the molecule is Cc1ccc(-c2cc3c(N4CCC(C(=O)NC5CCCCC5)CC4)nccn3n2)c(C)c1. The Hall–Kier alpha value is -2.89. The average Bonchev–Trinajstić information content (AvgIpc) is 3.24. The van der Waals surface area contributed by atoms with Crippen LogP contribution in [0.3, 0.4) is 0 Å². The molecule has 1 aromatic carbocycles. The summed E-state index contributed by atoms with van der Waals surface area (Å²) >= 11 is 0. The molecule has 3 aromatic rings. The number of amides is 1. The maximum absolute atomic E-state index is 12.8. The van der Waals surface area contributed by atoms with Gasteiger partial charge in [-0.15, -0.1) is 0 Å². The molecule has 2 aromatic heterocycles.